The molecule has 0 saturated carbocycles. The van der Waals surface area contributed by atoms with E-state index in [1.54, 1.807) is 6.92 Å². The predicted molar refractivity (Wildman–Crippen MR) is 102 cm³/mol. The molecule has 8 nitrogen and oxygen atoms in total. The summed E-state index contributed by atoms with van der Waals surface area (Å²) in [6.45, 7) is 19.9. The van der Waals surface area contributed by atoms with Crippen LogP contribution in [0.25, 0.3) is 0 Å². The Balaban J connectivity index is 4.29. The standard InChI is InChI=1S/C20H28O8/c1-13(2)15(5)24-9-10-26-18(22)16(6)28-20(7,8)19(23)27-12-11-25-17(21)14(3)4/h1,3,5-6,9-12H2,2,4,7-8H3. The highest BCUT2D eigenvalue weighted by molar-refractivity contribution is 5.87. The number of hydrogen-bond acceptors (Lipinski definition) is 8. The number of esters is 3. The highest BCUT2D eigenvalue weighted by Gasteiger charge is 2.34. The maximum absolute atomic E-state index is 12.1. The number of carbonyl (C=O) groups excluding carboxylic acids is 3. The Morgan fingerprint density at radius 3 is 1.64 bits per heavy atom. The van der Waals surface area contributed by atoms with E-state index in [1.165, 1.54) is 20.8 Å². The molecule has 0 aromatic rings. The summed E-state index contributed by atoms with van der Waals surface area (Å²) in [6.07, 6.45) is 0. The third kappa shape index (κ3) is 9.61. The molecule has 8 heteroatoms. The van der Waals surface area contributed by atoms with Gasteiger partial charge < -0.3 is 23.7 Å². The number of carbonyl (C=O) groups is 3. The van der Waals surface area contributed by atoms with Crippen molar-refractivity contribution in [1.29, 1.82) is 0 Å². The van der Waals surface area contributed by atoms with E-state index in [0.29, 0.717) is 11.3 Å². The first kappa shape index (κ1) is 25.0. The molecule has 0 N–H and O–H groups in total. The van der Waals surface area contributed by atoms with Crippen LogP contribution in [0.3, 0.4) is 0 Å². The van der Waals surface area contributed by atoms with E-state index in [9.17, 15) is 14.4 Å². The minimum Gasteiger partial charge on any atom is -0.490 e. The first-order valence-corrected chi connectivity index (χ1v) is 8.41. The SMILES string of the molecule is C=C(C)C(=C)OCCOC(=O)C(=C)OC(C)(C)C(=O)OCCOC(=O)C(=C)C. The lowest BCUT2D eigenvalue weighted by Gasteiger charge is -2.24. The molecule has 0 fully saturated rings. The van der Waals surface area contributed by atoms with Crippen LogP contribution in [0.2, 0.25) is 0 Å². The molecular weight excluding hydrogens is 368 g/mol. The van der Waals surface area contributed by atoms with E-state index in [2.05, 4.69) is 26.3 Å². The molecule has 156 valence electrons. The van der Waals surface area contributed by atoms with Gasteiger partial charge in [-0.25, -0.2) is 14.4 Å². The van der Waals surface area contributed by atoms with Gasteiger partial charge in [0.2, 0.25) is 5.60 Å². The second-order valence-corrected chi connectivity index (χ2v) is 6.28. The van der Waals surface area contributed by atoms with Crippen molar-refractivity contribution in [2.45, 2.75) is 33.3 Å². The third-order valence-corrected chi connectivity index (χ3v) is 3.06. The zero-order valence-corrected chi connectivity index (χ0v) is 16.9. The second kappa shape index (κ2) is 11.6. The lowest BCUT2D eigenvalue weighted by molar-refractivity contribution is -0.169. The highest BCUT2D eigenvalue weighted by atomic mass is 16.6. The topological polar surface area (TPSA) is 97.4 Å². The van der Waals surface area contributed by atoms with Crippen LogP contribution in [0.1, 0.15) is 27.7 Å². The summed E-state index contributed by atoms with van der Waals surface area (Å²) in [5.74, 6) is -2.17. The lowest BCUT2D eigenvalue weighted by atomic mass is 10.1. The van der Waals surface area contributed by atoms with Gasteiger partial charge in [-0.3, -0.25) is 0 Å². The van der Waals surface area contributed by atoms with Crippen LogP contribution in [-0.2, 0) is 38.1 Å². The molecule has 0 aliphatic rings. The number of allylic oxidation sites excluding steroid dienone is 1. The summed E-state index contributed by atoms with van der Waals surface area (Å²) in [7, 11) is 0. The molecule has 0 saturated heterocycles. The summed E-state index contributed by atoms with van der Waals surface area (Å²) in [4.78, 5) is 35.1. The van der Waals surface area contributed by atoms with E-state index in [1.807, 2.05) is 0 Å². The Bertz CT molecular complexity index is 657. The summed E-state index contributed by atoms with van der Waals surface area (Å²) < 4.78 is 25.2. The van der Waals surface area contributed by atoms with Gasteiger partial charge in [0.1, 0.15) is 32.2 Å². The largest absolute Gasteiger partial charge is 0.490 e. The minimum absolute atomic E-state index is 0.0630. The average molecular weight is 396 g/mol. The molecule has 0 rings (SSSR count). The van der Waals surface area contributed by atoms with Crippen molar-refractivity contribution in [2.24, 2.45) is 0 Å². The fraction of sp³-hybridized carbons (Fsp3) is 0.450. The Morgan fingerprint density at radius 1 is 0.679 bits per heavy atom. The molecule has 0 aliphatic heterocycles. The molecule has 0 amide bonds. The molecule has 0 spiro atoms. The van der Waals surface area contributed by atoms with Crippen molar-refractivity contribution in [3.63, 3.8) is 0 Å². The summed E-state index contributed by atoms with van der Waals surface area (Å²) >= 11 is 0. The maximum Gasteiger partial charge on any atom is 0.373 e. The van der Waals surface area contributed by atoms with Gasteiger partial charge in [0.05, 0.1) is 0 Å². The van der Waals surface area contributed by atoms with Crippen LogP contribution in [0.15, 0.2) is 49.0 Å². The minimum atomic E-state index is -1.50. The van der Waals surface area contributed by atoms with Gasteiger partial charge in [0.25, 0.3) is 0 Å². The lowest BCUT2D eigenvalue weighted by Crippen LogP contribution is -2.38. The fourth-order valence-corrected chi connectivity index (χ4v) is 1.46. The summed E-state index contributed by atoms with van der Waals surface area (Å²) in [5, 5.41) is 0. The van der Waals surface area contributed by atoms with Gasteiger partial charge >= 0.3 is 17.9 Å². The van der Waals surface area contributed by atoms with Crippen molar-refractivity contribution >= 4 is 17.9 Å². The molecule has 0 unspecified atom stereocenters. The first-order chi connectivity index (χ1) is 12.9. The van der Waals surface area contributed by atoms with Gasteiger partial charge in [-0.15, -0.1) is 0 Å². The van der Waals surface area contributed by atoms with Crippen LogP contribution >= 0.6 is 0 Å². The van der Waals surface area contributed by atoms with Gasteiger partial charge in [-0.2, -0.15) is 0 Å². The van der Waals surface area contributed by atoms with Crippen molar-refractivity contribution in [1.82, 2.24) is 0 Å². The number of hydrogen-bond donors (Lipinski definition) is 0. The Morgan fingerprint density at radius 2 is 1.14 bits per heavy atom. The smallest absolute Gasteiger partial charge is 0.373 e. The molecule has 0 aromatic heterocycles. The van der Waals surface area contributed by atoms with E-state index in [-0.39, 0.29) is 37.8 Å². The van der Waals surface area contributed by atoms with Crippen LogP contribution in [0.4, 0.5) is 0 Å². The zero-order valence-electron chi connectivity index (χ0n) is 16.9. The normalized spacial score (nSPS) is 10.3. The Kier molecular flexibility index (Phi) is 10.4. The molecule has 0 aromatic carbocycles. The van der Waals surface area contributed by atoms with Gasteiger partial charge in [0, 0.05) is 5.57 Å². The average Bonchev–Trinajstić information content (AvgIpc) is 2.60. The summed E-state index contributed by atoms with van der Waals surface area (Å²) in [5.41, 5.74) is -0.605. The van der Waals surface area contributed by atoms with Crippen molar-refractivity contribution in [2.75, 3.05) is 26.4 Å². The van der Waals surface area contributed by atoms with Crippen LogP contribution < -0.4 is 0 Å². The molecule has 0 heterocycles. The van der Waals surface area contributed by atoms with E-state index in [0.717, 1.165) is 0 Å². The highest BCUT2D eigenvalue weighted by Crippen LogP contribution is 2.17. The number of rotatable bonds is 13. The van der Waals surface area contributed by atoms with Crippen molar-refractivity contribution in [3.8, 4) is 0 Å². The molecule has 0 bridgehead atoms. The Hall–Kier alpha value is -3.03. The van der Waals surface area contributed by atoms with Crippen LogP contribution in [0, 0.1) is 0 Å². The maximum atomic E-state index is 12.1. The Labute approximate surface area is 165 Å². The molecule has 28 heavy (non-hydrogen) atoms. The van der Waals surface area contributed by atoms with Gasteiger partial charge in [0.15, 0.2) is 5.76 Å². The second-order valence-electron chi connectivity index (χ2n) is 6.28. The first-order valence-electron chi connectivity index (χ1n) is 8.41. The van der Waals surface area contributed by atoms with E-state index >= 15 is 0 Å². The molecule has 0 atom stereocenters. The van der Waals surface area contributed by atoms with Crippen LogP contribution in [-0.4, -0.2) is 49.9 Å². The van der Waals surface area contributed by atoms with Gasteiger partial charge in [-0.1, -0.05) is 19.7 Å². The molecule has 0 radical (unpaired) electrons. The van der Waals surface area contributed by atoms with Crippen LogP contribution in [0.5, 0.6) is 0 Å². The predicted octanol–water partition coefficient (Wildman–Crippen LogP) is 2.61. The molecule has 0 aliphatic carbocycles. The number of ether oxygens (including phenoxy) is 5. The van der Waals surface area contributed by atoms with Gasteiger partial charge in [-0.05, 0) is 39.8 Å². The fourth-order valence-electron chi connectivity index (χ4n) is 1.46. The van der Waals surface area contributed by atoms with Crippen molar-refractivity contribution in [3.05, 3.63) is 49.0 Å². The van der Waals surface area contributed by atoms with E-state index < -0.39 is 23.5 Å². The van der Waals surface area contributed by atoms with Crippen molar-refractivity contribution < 1.29 is 38.1 Å². The quantitative estimate of drug-likeness (QED) is 0.117. The third-order valence-electron chi connectivity index (χ3n) is 3.06. The monoisotopic (exact) mass is 396 g/mol. The summed E-state index contributed by atoms with van der Waals surface area (Å²) in [6, 6.07) is 0. The zero-order chi connectivity index (χ0) is 21.9. The van der Waals surface area contributed by atoms with E-state index in [4.69, 9.17) is 23.7 Å². The molecular formula is C20H28O8.